The highest BCUT2D eigenvalue weighted by Gasteiger charge is 2.58. The molecule has 0 unspecified atom stereocenters. The summed E-state index contributed by atoms with van der Waals surface area (Å²) in [5, 5.41) is 2.43. The minimum atomic E-state index is -2.95. The molecule has 0 radical (unpaired) electrons. The summed E-state index contributed by atoms with van der Waals surface area (Å²) in [6.45, 7) is 4.59. The molecule has 1 aliphatic carbocycles. The standard InChI is InChI=1S/C18H22F3NO5/c1-16(2,3)27-15(24)22-17(8-18(20,21)9-17)10-26-13-6-5-11(19)7-12(13)14(23)25-4/h5-7H,8-10H2,1-4H3,(H,22,24). The zero-order valence-electron chi connectivity index (χ0n) is 15.5. The van der Waals surface area contributed by atoms with E-state index in [4.69, 9.17) is 9.47 Å². The number of methoxy groups -OCH3 is 1. The Bertz CT molecular complexity index is 722. The lowest BCUT2D eigenvalue weighted by Crippen LogP contribution is -2.65. The van der Waals surface area contributed by atoms with Crippen LogP contribution >= 0.6 is 0 Å². The molecule has 2 rings (SSSR count). The minimum absolute atomic E-state index is 0.0381. The molecule has 0 atom stereocenters. The third-order valence-electron chi connectivity index (χ3n) is 3.81. The van der Waals surface area contributed by atoms with E-state index in [-0.39, 0.29) is 17.9 Å². The van der Waals surface area contributed by atoms with Crippen LogP contribution in [0, 0.1) is 5.82 Å². The smallest absolute Gasteiger partial charge is 0.408 e. The van der Waals surface area contributed by atoms with E-state index in [1.165, 1.54) is 6.07 Å². The minimum Gasteiger partial charge on any atom is -0.490 e. The number of ether oxygens (including phenoxy) is 3. The number of rotatable bonds is 5. The maximum absolute atomic E-state index is 13.5. The average molecular weight is 389 g/mol. The summed E-state index contributed by atoms with van der Waals surface area (Å²) in [5.74, 6) is -4.51. The van der Waals surface area contributed by atoms with Crippen molar-refractivity contribution in [2.24, 2.45) is 0 Å². The second-order valence-corrected chi connectivity index (χ2v) is 7.54. The van der Waals surface area contributed by atoms with Crippen molar-refractivity contribution in [2.75, 3.05) is 13.7 Å². The van der Waals surface area contributed by atoms with E-state index in [2.05, 4.69) is 10.1 Å². The van der Waals surface area contributed by atoms with Crippen LogP contribution in [0.4, 0.5) is 18.0 Å². The summed E-state index contributed by atoms with van der Waals surface area (Å²) < 4.78 is 55.5. The number of alkyl carbamates (subject to hydrolysis) is 1. The number of hydrogen-bond donors (Lipinski definition) is 1. The van der Waals surface area contributed by atoms with Gasteiger partial charge in [-0.3, -0.25) is 0 Å². The summed E-state index contributed by atoms with van der Waals surface area (Å²) >= 11 is 0. The molecule has 0 heterocycles. The number of esters is 1. The number of carbonyl (C=O) groups is 2. The van der Waals surface area contributed by atoms with Crippen molar-refractivity contribution in [3.05, 3.63) is 29.6 Å². The number of alkyl halides is 2. The molecular weight excluding hydrogens is 367 g/mol. The Morgan fingerprint density at radius 1 is 1.22 bits per heavy atom. The molecule has 150 valence electrons. The first-order chi connectivity index (χ1) is 12.3. The van der Waals surface area contributed by atoms with Gasteiger partial charge in [0.2, 0.25) is 0 Å². The van der Waals surface area contributed by atoms with Gasteiger partial charge in [0.25, 0.3) is 5.92 Å². The lowest BCUT2D eigenvalue weighted by molar-refractivity contribution is -0.142. The second kappa shape index (κ2) is 7.28. The van der Waals surface area contributed by atoms with E-state index < -0.39 is 47.8 Å². The van der Waals surface area contributed by atoms with Crippen LogP contribution in [0.1, 0.15) is 44.0 Å². The number of hydrogen-bond acceptors (Lipinski definition) is 5. The first kappa shape index (κ1) is 20.9. The molecule has 1 saturated carbocycles. The van der Waals surface area contributed by atoms with Crippen molar-refractivity contribution in [3.8, 4) is 5.75 Å². The molecule has 0 saturated heterocycles. The van der Waals surface area contributed by atoms with Crippen molar-refractivity contribution in [2.45, 2.75) is 50.7 Å². The van der Waals surface area contributed by atoms with Gasteiger partial charge < -0.3 is 19.5 Å². The van der Waals surface area contributed by atoms with Crippen LogP contribution in [-0.2, 0) is 9.47 Å². The van der Waals surface area contributed by atoms with E-state index in [0.29, 0.717) is 0 Å². The van der Waals surface area contributed by atoms with E-state index in [9.17, 15) is 22.8 Å². The highest BCUT2D eigenvalue weighted by atomic mass is 19.3. The number of carbonyl (C=O) groups excluding carboxylic acids is 2. The van der Waals surface area contributed by atoms with Crippen molar-refractivity contribution in [3.63, 3.8) is 0 Å². The van der Waals surface area contributed by atoms with Crippen molar-refractivity contribution < 1.29 is 37.0 Å². The molecular formula is C18H22F3NO5. The fourth-order valence-corrected chi connectivity index (χ4v) is 2.80. The lowest BCUT2D eigenvalue weighted by Gasteiger charge is -2.47. The monoisotopic (exact) mass is 389 g/mol. The maximum Gasteiger partial charge on any atom is 0.408 e. The van der Waals surface area contributed by atoms with Crippen molar-refractivity contribution >= 4 is 12.1 Å². The first-order valence-electron chi connectivity index (χ1n) is 8.24. The summed E-state index contributed by atoms with van der Waals surface area (Å²) in [5.41, 5.74) is -2.35. The summed E-state index contributed by atoms with van der Waals surface area (Å²) in [7, 11) is 1.12. The van der Waals surface area contributed by atoms with Crippen molar-refractivity contribution in [1.82, 2.24) is 5.32 Å². The van der Waals surface area contributed by atoms with E-state index >= 15 is 0 Å². The number of amides is 1. The highest BCUT2D eigenvalue weighted by molar-refractivity contribution is 5.92. The normalized spacial score (nSPS) is 17.4. The Kier molecular flexibility index (Phi) is 5.63. The molecule has 27 heavy (non-hydrogen) atoms. The van der Waals surface area contributed by atoms with Crippen LogP contribution in [0.5, 0.6) is 5.75 Å². The van der Waals surface area contributed by atoms with Crippen LogP contribution in [-0.4, -0.2) is 42.8 Å². The maximum atomic E-state index is 13.5. The van der Waals surface area contributed by atoms with Crippen LogP contribution < -0.4 is 10.1 Å². The zero-order valence-corrected chi connectivity index (χ0v) is 15.5. The van der Waals surface area contributed by atoms with Gasteiger partial charge in [0.1, 0.15) is 29.3 Å². The van der Waals surface area contributed by atoms with Crippen LogP contribution in [0.25, 0.3) is 0 Å². The molecule has 0 aromatic heterocycles. The number of nitrogens with one attached hydrogen (secondary N) is 1. The van der Waals surface area contributed by atoms with Gasteiger partial charge in [-0.15, -0.1) is 0 Å². The van der Waals surface area contributed by atoms with Gasteiger partial charge in [0.15, 0.2) is 0 Å². The van der Waals surface area contributed by atoms with Gasteiger partial charge in [-0.2, -0.15) is 0 Å². The molecule has 9 heteroatoms. The topological polar surface area (TPSA) is 73.9 Å². The summed E-state index contributed by atoms with van der Waals surface area (Å²) in [4.78, 5) is 23.8. The molecule has 0 spiro atoms. The molecule has 1 fully saturated rings. The first-order valence-corrected chi connectivity index (χ1v) is 8.24. The summed E-state index contributed by atoms with van der Waals surface area (Å²) in [6.07, 6.45) is -2.14. The fraction of sp³-hybridized carbons (Fsp3) is 0.556. The molecule has 0 aliphatic heterocycles. The Morgan fingerprint density at radius 3 is 2.37 bits per heavy atom. The Labute approximate surface area is 155 Å². The highest BCUT2D eigenvalue weighted by Crippen LogP contribution is 2.46. The molecule has 1 aliphatic rings. The quantitative estimate of drug-likeness (QED) is 0.778. The molecule has 1 aromatic carbocycles. The molecule has 1 N–H and O–H groups in total. The van der Waals surface area contributed by atoms with Gasteiger partial charge in [0.05, 0.1) is 12.6 Å². The van der Waals surface area contributed by atoms with Gasteiger partial charge >= 0.3 is 12.1 Å². The van der Waals surface area contributed by atoms with Gasteiger partial charge in [-0.05, 0) is 39.0 Å². The molecule has 1 aromatic rings. The van der Waals surface area contributed by atoms with E-state index in [1.807, 2.05) is 0 Å². The fourth-order valence-electron chi connectivity index (χ4n) is 2.80. The van der Waals surface area contributed by atoms with E-state index in [0.717, 1.165) is 19.2 Å². The third kappa shape index (κ3) is 5.51. The number of benzene rings is 1. The van der Waals surface area contributed by atoms with E-state index in [1.54, 1.807) is 20.8 Å². The Hall–Kier alpha value is -2.45. The number of halogens is 3. The van der Waals surface area contributed by atoms with Crippen LogP contribution in [0.3, 0.4) is 0 Å². The largest absolute Gasteiger partial charge is 0.490 e. The van der Waals surface area contributed by atoms with Gasteiger partial charge in [0, 0.05) is 12.8 Å². The van der Waals surface area contributed by atoms with Gasteiger partial charge in [-0.25, -0.2) is 22.8 Å². The Morgan fingerprint density at radius 2 is 1.85 bits per heavy atom. The average Bonchev–Trinajstić information content (AvgIpc) is 2.49. The van der Waals surface area contributed by atoms with Crippen LogP contribution in [0.2, 0.25) is 0 Å². The third-order valence-corrected chi connectivity index (χ3v) is 3.81. The Balaban J connectivity index is 2.14. The summed E-state index contributed by atoms with van der Waals surface area (Å²) in [6, 6.07) is 3.18. The van der Waals surface area contributed by atoms with Gasteiger partial charge in [-0.1, -0.05) is 0 Å². The van der Waals surface area contributed by atoms with Crippen molar-refractivity contribution in [1.29, 1.82) is 0 Å². The molecule has 0 bridgehead atoms. The van der Waals surface area contributed by atoms with Crippen LogP contribution in [0.15, 0.2) is 18.2 Å². The molecule has 6 nitrogen and oxygen atoms in total. The second-order valence-electron chi connectivity index (χ2n) is 7.54. The zero-order chi connectivity index (χ0) is 20.5. The predicted molar refractivity (Wildman–Crippen MR) is 89.5 cm³/mol. The predicted octanol–water partition coefficient (Wildman–Crippen LogP) is 3.68. The molecule has 1 amide bonds. The lowest BCUT2D eigenvalue weighted by atomic mass is 9.74. The SMILES string of the molecule is COC(=O)c1cc(F)ccc1OCC1(NC(=O)OC(C)(C)C)CC(F)(F)C1.